The maximum atomic E-state index is 12.4. The normalized spacial score (nSPS) is 12.0. The summed E-state index contributed by atoms with van der Waals surface area (Å²) in [5.74, 6) is 1.03. The van der Waals surface area contributed by atoms with Crippen LogP contribution in [0.4, 0.5) is 0 Å². The molecule has 0 aliphatic rings. The van der Waals surface area contributed by atoms with E-state index in [4.69, 9.17) is 0 Å². The molecule has 3 aromatic rings. The van der Waals surface area contributed by atoms with Crippen LogP contribution in [0.1, 0.15) is 35.5 Å². The number of hydrogen-bond acceptors (Lipinski definition) is 5. The van der Waals surface area contributed by atoms with Gasteiger partial charge in [-0.05, 0) is 62.6 Å². The average Bonchev–Trinajstić information content (AvgIpc) is 3.03. The van der Waals surface area contributed by atoms with E-state index in [2.05, 4.69) is 52.5 Å². The van der Waals surface area contributed by atoms with Crippen LogP contribution in [-0.4, -0.2) is 31.4 Å². The quantitative estimate of drug-likeness (QED) is 0.661. The first-order chi connectivity index (χ1) is 13.0. The molecular formula is C20H23N5OS. The van der Waals surface area contributed by atoms with Gasteiger partial charge in [0.1, 0.15) is 5.82 Å². The minimum atomic E-state index is -0.0697. The molecule has 3 rings (SSSR count). The summed E-state index contributed by atoms with van der Waals surface area (Å²) in [7, 11) is 0. The summed E-state index contributed by atoms with van der Waals surface area (Å²) in [6.45, 7) is 8.00. The lowest BCUT2D eigenvalue weighted by molar-refractivity contribution is -0.119. The van der Waals surface area contributed by atoms with Gasteiger partial charge in [0.05, 0.1) is 17.5 Å². The Hall–Kier alpha value is -2.67. The number of thioether (sulfide) groups is 1. The van der Waals surface area contributed by atoms with Gasteiger partial charge in [-0.2, -0.15) is 0 Å². The minimum absolute atomic E-state index is 0.0440. The number of carbonyl (C=O) groups is 1. The number of aryl methyl sites for hydroxylation is 3. The van der Waals surface area contributed by atoms with E-state index >= 15 is 0 Å². The van der Waals surface area contributed by atoms with E-state index in [1.54, 1.807) is 12.4 Å². The molecule has 140 valence electrons. The summed E-state index contributed by atoms with van der Waals surface area (Å²) in [4.78, 5) is 16.4. The van der Waals surface area contributed by atoms with E-state index in [9.17, 15) is 4.79 Å². The zero-order valence-corrected chi connectivity index (χ0v) is 16.7. The van der Waals surface area contributed by atoms with E-state index in [0.29, 0.717) is 5.16 Å². The van der Waals surface area contributed by atoms with Crippen molar-refractivity contribution in [1.29, 1.82) is 0 Å². The van der Waals surface area contributed by atoms with Crippen LogP contribution < -0.4 is 5.32 Å². The van der Waals surface area contributed by atoms with Crippen molar-refractivity contribution in [3.8, 4) is 5.69 Å². The van der Waals surface area contributed by atoms with Crippen molar-refractivity contribution in [2.75, 3.05) is 5.75 Å². The molecule has 0 fully saturated rings. The summed E-state index contributed by atoms with van der Waals surface area (Å²) in [6, 6.07) is 10.0. The Balaban J connectivity index is 1.70. The van der Waals surface area contributed by atoms with Gasteiger partial charge in [0.15, 0.2) is 5.16 Å². The Morgan fingerprint density at radius 1 is 1.15 bits per heavy atom. The lowest BCUT2D eigenvalue weighted by Gasteiger charge is -2.14. The smallest absolute Gasteiger partial charge is 0.230 e. The molecule has 0 aliphatic heterocycles. The lowest BCUT2D eigenvalue weighted by Crippen LogP contribution is -2.28. The van der Waals surface area contributed by atoms with Gasteiger partial charge >= 0.3 is 0 Å². The first-order valence-corrected chi connectivity index (χ1v) is 9.76. The van der Waals surface area contributed by atoms with Gasteiger partial charge in [-0.15, -0.1) is 10.2 Å². The Morgan fingerprint density at radius 3 is 2.63 bits per heavy atom. The number of nitrogens with one attached hydrogen (secondary N) is 1. The monoisotopic (exact) mass is 381 g/mol. The molecule has 1 amide bonds. The highest BCUT2D eigenvalue weighted by Crippen LogP contribution is 2.25. The minimum Gasteiger partial charge on any atom is -0.349 e. The van der Waals surface area contributed by atoms with Gasteiger partial charge in [0.2, 0.25) is 5.91 Å². The van der Waals surface area contributed by atoms with Crippen LogP contribution in [0, 0.1) is 20.8 Å². The second-order valence-corrected chi connectivity index (χ2v) is 7.46. The van der Waals surface area contributed by atoms with Crippen molar-refractivity contribution in [2.45, 2.75) is 38.9 Å². The SMILES string of the molecule is Cc1ccc(C)c(-n2c(C)nnc2SCC(=O)NC(C)c2ccncc2)c1. The van der Waals surface area contributed by atoms with Crippen LogP contribution >= 0.6 is 11.8 Å². The number of benzene rings is 1. The lowest BCUT2D eigenvalue weighted by atomic mass is 10.1. The molecule has 1 N–H and O–H groups in total. The molecule has 1 atom stereocenters. The fourth-order valence-electron chi connectivity index (χ4n) is 2.82. The number of carbonyl (C=O) groups excluding carboxylic acids is 1. The molecule has 0 radical (unpaired) electrons. The fourth-order valence-corrected chi connectivity index (χ4v) is 3.62. The van der Waals surface area contributed by atoms with Crippen molar-refractivity contribution in [3.05, 3.63) is 65.2 Å². The van der Waals surface area contributed by atoms with Crippen LogP contribution in [0.3, 0.4) is 0 Å². The number of hydrogen-bond donors (Lipinski definition) is 1. The van der Waals surface area contributed by atoms with Crippen LogP contribution in [0.5, 0.6) is 0 Å². The molecule has 6 nitrogen and oxygen atoms in total. The summed E-state index contributed by atoms with van der Waals surface area (Å²) in [6.07, 6.45) is 3.45. The van der Waals surface area contributed by atoms with Crippen molar-refractivity contribution in [2.24, 2.45) is 0 Å². The van der Waals surface area contributed by atoms with Crippen LogP contribution in [0.2, 0.25) is 0 Å². The van der Waals surface area contributed by atoms with Crippen molar-refractivity contribution < 1.29 is 4.79 Å². The average molecular weight is 382 g/mol. The number of amides is 1. The summed E-state index contributed by atoms with van der Waals surface area (Å²) >= 11 is 1.39. The molecule has 2 heterocycles. The Kier molecular flexibility index (Phi) is 5.91. The standard InChI is InChI=1S/C20H23N5OS/c1-13-5-6-14(2)18(11-13)25-16(4)23-24-20(25)27-12-19(26)22-15(3)17-7-9-21-10-8-17/h5-11,15H,12H2,1-4H3,(H,22,26). The highest BCUT2D eigenvalue weighted by molar-refractivity contribution is 7.99. The fraction of sp³-hybridized carbons (Fsp3) is 0.300. The van der Waals surface area contributed by atoms with Crippen molar-refractivity contribution in [1.82, 2.24) is 25.1 Å². The Morgan fingerprint density at radius 2 is 1.89 bits per heavy atom. The highest BCUT2D eigenvalue weighted by Gasteiger charge is 2.16. The van der Waals surface area contributed by atoms with Gasteiger partial charge in [0, 0.05) is 12.4 Å². The van der Waals surface area contributed by atoms with Crippen molar-refractivity contribution in [3.63, 3.8) is 0 Å². The predicted octanol–water partition coefficient (Wildman–Crippen LogP) is 3.56. The number of aromatic nitrogens is 4. The van der Waals surface area contributed by atoms with E-state index in [0.717, 1.165) is 22.6 Å². The number of nitrogens with zero attached hydrogens (tertiary/aromatic N) is 4. The number of pyridine rings is 1. The van der Waals surface area contributed by atoms with Gasteiger partial charge in [-0.25, -0.2) is 0 Å². The zero-order valence-electron chi connectivity index (χ0n) is 15.9. The molecule has 7 heteroatoms. The largest absolute Gasteiger partial charge is 0.349 e. The van der Waals surface area contributed by atoms with Crippen molar-refractivity contribution >= 4 is 17.7 Å². The summed E-state index contributed by atoms with van der Waals surface area (Å²) in [5.41, 5.74) is 4.38. The van der Waals surface area contributed by atoms with E-state index < -0.39 is 0 Å². The van der Waals surface area contributed by atoms with E-state index in [-0.39, 0.29) is 17.7 Å². The third kappa shape index (κ3) is 4.54. The van der Waals surface area contributed by atoms with Crippen LogP contribution in [-0.2, 0) is 4.79 Å². The van der Waals surface area contributed by atoms with Crippen LogP contribution in [0.15, 0.2) is 47.9 Å². The maximum absolute atomic E-state index is 12.4. The Bertz CT molecular complexity index is 939. The summed E-state index contributed by atoms with van der Waals surface area (Å²) in [5, 5.41) is 12.2. The first-order valence-electron chi connectivity index (χ1n) is 8.77. The molecular weight excluding hydrogens is 358 g/mol. The second kappa shape index (κ2) is 8.35. The number of rotatable bonds is 6. The molecule has 2 aromatic heterocycles. The van der Waals surface area contributed by atoms with Gasteiger partial charge in [-0.1, -0.05) is 23.9 Å². The second-order valence-electron chi connectivity index (χ2n) is 6.51. The van der Waals surface area contributed by atoms with Crippen LogP contribution in [0.25, 0.3) is 5.69 Å². The Labute approximate surface area is 163 Å². The maximum Gasteiger partial charge on any atom is 0.230 e. The van der Waals surface area contributed by atoms with E-state index in [1.807, 2.05) is 30.5 Å². The molecule has 0 aliphatic carbocycles. The molecule has 0 spiro atoms. The highest BCUT2D eigenvalue weighted by atomic mass is 32.2. The van der Waals surface area contributed by atoms with E-state index in [1.165, 1.54) is 17.3 Å². The molecule has 1 unspecified atom stereocenters. The van der Waals surface area contributed by atoms with Gasteiger partial charge in [0.25, 0.3) is 0 Å². The summed E-state index contributed by atoms with van der Waals surface area (Å²) < 4.78 is 2.01. The molecule has 0 bridgehead atoms. The third-order valence-electron chi connectivity index (χ3n) is 4.32. The first kappa shape index (κ1) is 19.1. The van der Waals surface area contributed by atoms with Gasteiger partial charge < -0.3 is 5.32 Å². The van der Waals surface area contributed by atoms with Gasteiger partial charge in [-0.3, -0.25) is 14.3 Å². The zero-order chi connectivity index (χ0) is 19.4. The molecule has 0 saturated carbocycles. The molecule has 0 saturated heterocycles. The molecule has 27 heavy (non-hydrogen) atoms. The predicted molar refractivity (Wildman–Crippen MR) is 107 cm³/mol. The topological polar surface area (TPSA) is 72.7 Å². The molecule has 1 aromatic carbocycles. The third-order valence-corrected chi connectivity index (χ3v) is 5.25.